The van der Waals surface area contributed by atoms with Crippen LogP contribution in [0.15, 0.2) is 11.8 Å². The van der Waals surface area contributed by atoms with Crippen LogP contribution in [0.1, 0.15) is 13.3 Å². The molecule has 1 nitrogen and oxygen atoms in total. The van der Waals surface area contributed by atoms with Crippen molar-refractivity contribution in [3.05, 3.63) is 11.8 Å². The highest BCUT2D eigenvalue weighted by atomic mass is 127. The molecule has 1 aliphatic heterocycles. The number of alkyl halides is 1. The van der Waals surface area contributed by atoms with E-state index in [0.29, 0.717) is 0 Å². The molecule has 0 radical (unpaired) electrons. The average molecular weight is 249 g/mol. The molecule has 1 fully saturated rings. The normalized spacial score (nSPS) is 37.0. The van der Waals surface area contributed by atoms with Crippen LogP contribution in [0.5, 0.6) is 0 Å². The molecule has 0 aromatic heterocycles. The number of halogens is 1. The Balaban J connectivity index is 2.17. The van der Waals surface area contributed by atoms with Gasteiger partial charge in [0.25, 0.3) is 0 Å². The van der Waals surface area contributed by atoms with Gasteiger partial charge >= 0.3 is 0 Å². The molecule has 1 heterocycles. The van der Waals surface area contributed by atoms with Crippen LogP contribution in [-0.4, -0.2) is 21.9 Å². The Kier molecular flexibility index (Phi) is 1.66. The molecule has 0 amide bonds. The number of likely N-dealkylation sites (tertiary alicyclic amines) is 1. The smallest absolute Gasteiger partial charge is 0.0357 e. The van der Waals surface area contributed by atoms with E-state index in [1.165, 1.54) is 19.5 Å². The van der Waals surface area contributed by atoms with Crippen LogP contribution in [0.2, 0.25) is 0 Å². The van der Waals surface area contributed by atoms with Crippen molar-refractivity contribution in [3.63, 3.8) is 0 Å². The summed E-state index contributed by atoms with van der Waals surface area (Å²) in [5.41, 5.74) is 1.60. The zero-order valence-corrected chi connectivity index (χ0v) is 8.34. The molecule has 2 rings (SSSR count). The van der Waals surface area contributed by atoms with Crippen LogP contribution in [0, 0.1) is 5.92 Å². The van der Waals surface area contributed by atoms with Crippen LogP contribution >= 0.6 is 22.6 Å². The highest BCUT2D eigenvalue weighted by Gasteiger charge is 2.35. The highest BCUT2D eigenvalue weighted by molar-refractivity contribution is 14.1. The quantitative estimate of drug-likeness (QED) is 0.507. The molecule has 0 saturated carbocycles. The van der Waals surface area contributed by atoms with Crippen molar-refractivity contribution >= 4 is 22.6 Å². The first-order chi connectivity index (χ1) is 4.81. The van der Waals surface area contributed by atoms with E-state index in [-0.39, 0.29) is 0 Å². The van der Waals surface area contributed by atoms with Crippen LogP contribution in [-0.2, 0) is 0 Å². The number of fused-ring (bicyclic) bond motifs is 2. The molecule has 0 aromatic carbocycles. The first-order valence-corrected chi connectivity index (χ1v) is 5.15. The van der Waals surface area contributed by atoms with Gasteiger partial charge in [0.2, 0.25) is 0 Å². The molecular formula is C8H12IN. The van der Waals surface area contributed by atoms with Crippen LogP contribution in [0.25, 0.3) is 0 Å². The predicted molar refractivity (Wildman–Crippen MR) is 51.2 cm³/mol. The van der Waals surface area contributed by atoms with Crippen molar-refractivity contribution in [1.82, 2.24) is 4.90 Å². The Hall–Kier alpha value is 0.270. The van der Waals surface area contributed by atoms with Gasteiger partial charge in [0.05, 0.1) is 0 Å². The van der Waals surface area contributed by atoms with Crippen molar-refractivity contribution in [2.24, 2.45) is 5.92 Å². The Morgan fingerprint density at radius 3 is 3.00 bits per heavy atom. The summed E-state index contributed by atoms with van der Waals surface area (Å²) in [4.78, 5) is 2.50. The standard InChI is InChI=1S/C8H12IN/c1-2-10-5-6-3-7(10)4-8(6)9/h4,6,8H,2-3,5H2,1H3. The van der Waals surface area contributed by atoms with E-state index >= 15 is 0 Å². The number of nitrogens with zero attached hydrogens (tertiary/aromatic N) is 1. The molecule has 0 N–H and O–H groups in total. The first kappa shape index (κ1) is 6.95. The molecule has 2 heteroatoms. The molecule has 10 heavy (non-hydrogen) atoms. The van der Waals surface area contributed by atoms with Crippen molar-refractivity contribution in [1.29, 1.82) is 0 Å². The number of rotatable bonds is 1. The fourth-order valence-corrected chi connectivity index (χ4v) is 2.80. The van der Waals surface area contributed by atoms with Crippen molar-refractivity contribution < 1.29 is 0 Å². The van der Waals surface area contributed by atoms with Gasteiger partial charge in [-0.3, -0.25) is 0 Å². The third-order valence-electron chi connectivity index (χ3n) is 2.52. The highest BCUT2D eigenvalue weighted by Crippen LogP contribution is 2.39. The Labute approximate surface area is 75.6 Å². The van der Waals surface area contributed by atoms with Gasteiger partial charge in [0, 0.05) is 22.7 Å². The molecule has 1 saturated heterocycles. The second kappa shape index (κ2) is 2.40. The van der Waals surface area contributed by atoms with Crippen LogP contribution in [0.4, 0.5) is 0 Å². The van der Waals surface area contributed by atoms with Crippen LogP contribution < -0.4 is 0 Å². The van der Waals surface area contributed by atoms with Gasteiger partial charge in [-0.05, 0) is 19.3 Å². The molecule has 0 aromatic rings. The summed E-state index contributed by atoms with van der Waals surface area (Å²) < 4.78 is 0.829. The Morgan fingerprint density at radius 1 is 1.80 bits per heavy atom. The Bertz CT molecular complexity index is 176. The van der Waals surface area contributed by atoms with Gasteiger partial charge < -0.3 is 4.90 Å². The average Bonchev–Trinajstić information content (AvgIpc) is 2.44. The fourth-order valence-electron chi connectivity index (χ4n) is 1.90. The molecule has 2 aliphatic rings. The van der Waals surface area contributed by atoms with E-state index in [4.69, 9.17) is 0 Å². The third kappa shape index (κ3) is 0.881. The minimum atomic E-state index is 0.829. The minimum Gasteiger partial charge on any atom is -0.375 e. The summed E-state index contributed by atoms with van der Waals surface area (Å²) in [6.07, 6.45) is 3.78. The van der Waals surface area contributed by atoms with Crippen molar-refractivity contribution in [2.45, 2.75) is 17.3 Å². The molecular weight excluding hydrogens is 237 g/mol. The summed E-state index contributed by atoms with van der Waals surface area (Å²) in [5.74, 6) is 0.940. The second-order valence-electron chi connectivity index (χ2n) is 3.11. The van der Waals surface area contributed by atoms with Gasteiger partial charge in [0.1, 0.15) is 0 Å². The lowest BCUT2D eigenvalue weighted by Gasteiger charge is -2.23. The van der Waals surface area contributed by atoms with Gasteiger partial charge in [-0.25, -0.2) is 0 Å². The second-order valence-corrected chi connectivity index (χ2v) is 4.54. The maximum absolute atomic E-state index is 2.55. The van der Waals surface area contributed by atoms with Gasteiger partial charge in [-0.15, -0.1) is 0 Å². The Morgan fingerprint density at radius 2 is 2.60 bits per heavy atom. The van der Waals surface area contributed by atoms with E-state index in [9.17, 15) is 0 Å². The monoisotopic (exact) mass is 249 g/mol. The lowest BCUT2D eigenvalue weighted by Crippen LogP contribution is -2.25. The summed E-state index contributed by atoms with van der Waals surface area (Å²) in [5, 5.41) is 0. The van der Waals surface area contributed by atoms with E-state index in [1.807, 2.05) is 0 Å². The summed E-state index contributed by atoms with van der Waals surface area (Å²) in [6, 6.07) is 0. The molecule has 56 valence electrons. The lowest BCUT2D eigenvalue weighted by atomic mass is 10.1. The summed E-state index contributed by atoms with van der Waals surface area (Å²) in [7, 11) is 0. The minimum absolute atomic E-state index is 0.829. The largest absolute Gasteiger partial charge is 0.375 e. The number of hydrogen-bond donors (Lipinski definition) is 0. The molecule has 2 bridgehead atoms. The lowest BCUT2D eigenvalue weighted by molar-refractivity contribution is 0.371. The number of allylic oxidation sites excluding steroid dienone is 2. The maximum atomic E-state index is 2.55. The zero-order chi connectivity index (χ0) is 7.14. The molecule has 0 spiro atoms. The van der Waals surface area contributed by atoms with Gasteiger partial charge in [-0.1, -0.05) is 28.7 Å². The zero-order valence-electron chi connectivity index (χ0n) is 6.18. The summed E-state index contributed by atoms with van der Waals surface area (Å²) in [6.45, 7) is 4.76. The van der Waals surface area contributed by atoms with Crippen LogP contribution in [0.3, 0.4) is 0 Å². The number of hydrogen-bond acceptors (Lipinski definition) is 1. The maximum Gasteiger partial charge on any atom is 0.0357 e. The van der Waals surface area contributed by atoms with Gasteiger partial charge in [-0.2, -0.15) is 0 Å². The van der Waals surface area contributed by atoms with E-state index in [0.717, 1.165) is 9.84 Å². The van der Waals surface area contributed by atoms with E-state index < -0.39 is 0 Å². The summed E-state index contributed by atoms with van der Waals surface area (Å²) >= 11 is 2.55. The van der Waals surface area contributed by atoms with E-state index in [2.05, 4.69) is 40.5 Å². The first-order valence-electron chi connectivity index (χ1n) is 3.91. The molecule has 1 aliphatic carbocycles. The molecule has 2 atom stereocenters. The third-order valence-corrected chi connectivity index (χ3v) is 3.89. The van der Waals surface area contributed by atoms with E-state index in [1.54, 1.807) is 5.70 Å². The van der Waals surface area contributed by atoms with Crippen molar-refractivity contribution in [3.8, 4) is 0 Å². The van der Waals surface area contributed by atoms with Crippen molar-refractivity contribution in [2.75, 3.05) is 13.1 Å². The SMILES string of the molecule is CCN1CC2CC1=CC2I. The fraction of sp³-hybridized carbons (Fsp3) is 0.750. The molecule has 2 unspecified atom stereocenters. The van der Waals surface area contributed by atoms with Gasteiger partial charge in [0.15, 0.2) is 0 Å². The topological polar surface area (TPSA) is 3.24 Å². The predicted octanol–water partition coefficient (Wildman–Crippen LogP) is 2.03.